The van der Waals surface area contributed by atoms with Gasteiger partial charge in [0.05, 0.1) is 22.9 Å². The Morgan fingerprint density at radius 3 is 2.85 bits per heavy atom. The number of carbonyl (C=O) groups excluding carboxylic acids is 2. The number of amides is 1. The molecule has 3 rings (SSSR count). The molecule has 8 heteroatoms. The number of hydrogen-bond donors (Lipinski definition) is 1. The minimum Gasteiger partial charge on any atom is -0.462 e. The SMILES string of the molecule is CCOC(=O)c1cc(NC(=O)CSc2nc3ccccc3o2)ccc1Cl. The summed E-state index contributed by atoms with van der Waals surface area (Å²) in [5.74, 6) is -0.673. The van der Waals surface area contributed by atoms with Crippen LogP contribution in [0.3, 0.4) is 0 Å². The summed E-state index contributed by atoms with van der Waals surface area (Å²) < 4.78 is 10.5. The van der Waals surface area contributed by atoms with Gasteiger partial charge >= 0.3 is 5.97 Å². The molecule has 0 saturated heterocycles. The molecule has 26 heavy (non-hydrogen) atoms. The second kappa shape index (κ2) is 8.25. The molecule has 3 aromatic rings. The van der Waals surface area contributed by atoms with Gasteiger partial charge in [-0.3, -0.25) is 4.79 Å². The number of nitrogens with zero attached hydrogens (tertiary/aromatic N) is 1. The number of fused-ring (bicyclic) bond motifs is 1. The maximum atomic E-state index is 12.1. The van der Waals surface area contributed by atoms with Crippen LogP contribution in [0, 0.1) is 0 Å². The molecular weight excluding hydrogens is 376 g/mol. The van der Waals surface area contributed by atoms with E-state index in [1.807, 2.05) is 24.3 Å². The number of ether oxygens (including phenoxy) is 1. The highest BCUT2D eigenvalue weighted by Crippen LogP contribution is 2.24. The van der Waals surface area contributed by atoms with E-state index < -0.39 is 5.97 Å². The van der Waals surface area contributed by atoms with Gasteiger partial charge in [0.25, 0.3) is 5.22 Å². The number of aromatic nitrogens is 1. The zero-order valence-electron chi connectivity index (χ0n) is 13.8. The first-order chi connectivity index (χ1) is 12.6. The Morgan fingerprint density at radius 2 is 2.08 bits per heavy atom. The zero-order chi connectivity index (χ0) is 18.5. The fourth-order valence-corrected chi connectivity index (χ4v) is 3.04. The van der Waals surface area contributed by atoms with E-state index in [0.717, 1.165) is 5.52 Å². The van der Waals surface area contributed by atoms with Crippen LogP contribution in [-0.2, 0) is 9.53 Å². The van der Waals surface area contributed by atoms with Gasteiger partial charge in [0.1, 0.15) is 5.52 Å². The van der Waals surface area contributed by atoms with Crippen molar-refractivity contribution in [3.63, 3.8) is 0 Å². The molecule has 2 aromatic carbocycles. The molecular formula is C18H15ClN2O4S. The first-order valence-corrected chi connectivity index (χ1v) is 9.18. The van der Waals surface area contributed by atoms with Gasteiger partial charge in [-0.1, -0.05) is 35.5 Å². The van der Waals surface area contributed by atoms with Crippen molar-refractivity contribution in [3.05, 3.63) is 53.1 Å². The number of esters is 1. The first-order valence-electron chi connectivity index (χ1n) is 7.81. The minimum absolute atomic E-state index is 0.115. The number of oxazole rings is 1. The Hall–Kier alpha value is -2.51. The summed E-state index contributed by atoms with van der Waals surface area (Å²) in [6.45, 7) is 1.95. The molecule has 0 aliphatic rings. The molecule has 134 valence electrons. The maximum absolute atomic E-state index is 12.1. The summed E-state index contributed by atoms with van der Waals surface area (Å²) in [5, 5.41) is 3.40. The summed E-state index contributed by atoms with van der Waals surface area (Å²) in [5.41, 5.74) is 2.08. The number of thioether (sulfide) groups is 1. The number of rotatable bonds is 6. The molecule has 0 spiro atoms. The summed E-state index contributed by atoms with van der Waals surface area (Å²) in [7, 11) is 0. The lowest BCUT2D eigenvalue weighted by Crippen LogP contribution is -2.15. The van der Waals surface area contributed by atoms with E-state index in [0.29, 0.717) is 16.5 Å². The van der Waals surface area contributed by atoms with E-state index in [4.69, 9.17) is 20.8 Å². The van der Waals surface area contributed by atoms with Crippen LogP contribution in [0.15, 0.2) is 52.1 Å². The number of halogens is 1. The zero-order valence-corrected chi connectivity index (χ0v) is 15.4. The Labute approximate surface area is 158 Å². The van der Waals surface area contributed by atoms with Crippen molar-refractivity contribution < 1.29 is 18.7 Å². The lowest BCUT2D eigenvalue weighted by atomic mass is 10.2. The topological polar surface area (TPSA) is 81.4 Å². The Bertz CT molecular complexity index is 924. The second-order valence-corrected chi connectivity index (χ2v) is 6.53. The van der Waals surface area contributed by atoms with Crippen molar-refractivity contribution in [3.8, 4) is 0 Å². The third kappa shape index (κ3) is 4.36. The van der Waals surface area contributed by atoms with Gasteiger partial charge in [-0.25, -0.2) is 9.78 Å². The van der Waals surface area contributed by atoms with Gasteiger partial charge in [-0.15, -0.1) is 0 Å². The largest absolute Gasteiger partial charge is 0.462 e. The quantitative estimate of drug-likeness (QED) is 0.496. The van der Waals surface area contributed by atoms with E-state index in [1.54, 1.807) is 13.0 Å². The molecule has 1 heterocycles. The van der Waals surface area contributed by atoms with E-state index in [2.05, 4.69) is 10.3 Å². The summed E-state index contributed by atoms with van der Waals surface area (Å²) in [6, 6.07) is 12.0. The van der Waals surface area contributed by atoms with E-state index in [-0.39, 0.29) is 28.9 Å². The van der Waals surface area contributed by atoms with Crippen LogP contribution in [0.5, 0.6) is 0 Å². The van der Waals surface area contributed by atoms with Crippen molar-refractivity contribution in [2.75, 3.05) is 17.7 Å². The predicted molar refractivity (Wildman–Crippen MR) is 101 cm³/mol. The van der Waals surface area contributed by atoms with E-state index >= 15 is 0 Å². The molecule has 0 aliphatic heterocycles. The average Bonchev–Trinajstić information content (AvgIpc) is 3.05. The molecule has 0 fully saturated rings. The smallest absolute Gasteiger partial charge is 0.339 e. The third-order valence-corrected chi connectivity index (χ3v) is 4.50. The monoisotopic (exact) mass is 390 g/mol. The molecule has 1 N–H and O–H groups in total. The lowest BCUT2D eigenvalue weighted by molar-refractivity contribution is -0.113. The molecule has 0 atom stereocenters. The van der Waals surface area contributed by atoms with Crippen molar-refractivity contribution in [1.82, 2.24) is 4.98 Å². The van der Waals surface area contributed by atoms with Gasteiger partial charge < -0.3 is 14.5 Å². The third-order valence-electron chi connectivity index (χ3n) is 3.35. The maximum Gasteiger partial charge on any atom is 0.339 e. The molecule has 1 aromatic heterocycles. The van der Waals surface area contributed by atoms with E-state index in [9.17, 15) is 9.59 Å². The standard InChI is InChI=1S/C18H15ClN2O4S/c1-2-24-17(23)12-9-11(7-8-13(12)19)20-16(22)10-26-18-21-14-5-3-4-6-15(14)25-18/h3-9H,2,10H2,1H3,(H,20,22). The molecule has 6 nitrogen and oxygen atoms in total. The van der Waals surface area contributed by atoms with E-state index in [1.165, 1.54) is 23.9 Å². The van der Waals surface area contributed by atoms with Crippen molar-refractivity contribution >= 4 is 52.0 Å². The minimum atomic E-state index is -0.533. The number of anilines is 1. The normalized spacial score (nSPS) is 10.7. The predicted octanol–water partition coefficient (Wildman–Crippen LogP) is 4.39. The summed E-state index contributed by atoms with van der Waals surface area (Å²) in [6.07, 6.45) is 0. The van der Waals surface area contributed by atoms with Gasteiger partial charge in [0.15, 0.2) is 5.58 Å². The van der Waals surface area contributed by atoms with Crippen LogP contribution < -0.4 is 5.32 Å². The molecule has 1 amide bonds. The summed E-state index contributed by atoms with van der Waals surface area (Å²) >= 11 is 7.19. The number of para-hydroxylation sites is 2. The highest BCUT2D eigenvalue weighted by molar-refractivity contribution is 7.99. The lowest BCUT2D eigenvalue weighted by Gasteiger charge is -2.08. The van der Waals surface area contributed by atoms with Crippen molar-refractivity contribution in [1.29, 1.82) is 0 Å². The van der Waals surface area contributed by atoms with Crippen LogP contribution in [-0.4, -0.2) is 29.2 Å². The molecule has 0 bridgehead atoms. The van der Waals surface area contributed by atoms with Crippen LogP contribution >= 0.6 is 23.4 Å². The Balaban J connectivity index is 1.62. The molecule has 0 aliphatic carbocycles. The van der Waals surface area contributed by atoms with Gasteiger partial charge in [-0.05, 0) is 37.3 Å². The van der Waals surface area contributed by atoms with Crippen molar-refractivity contribution in [2.24, 2.45) is 0 Å². The number of benzene rings is 2. The number of carbonyl (C=O) groups is 2. The van der Waals surface area contributed by atoms with Gasteiger partial charge in [0, 0.05) is 5.69 Å². The van der Waals surface area contributed by atoms with Crippen LogP contribution in [0.1, 0.15) is 17.3 Å². The van der Waals surface area contributed by atoms with Crippen LogP contribution in [0.25, 0.3) is 11.1 Å². The highest BCUT2D eigenvalue weighted by atomic mass is 35.5. The molecule has 0 saturated carbocycles. The Morgan fingerprint density at radius 1 is 1.27 bits per heavy atom. The van der Waals surface area contributed by atoms with Gasteiger partial charge in [-0.2, -0.15) is 0 Å². The first kappa shape index (κ1) is 18.3. The fourth-order valence-electron chi connectivity index (χ4n) is 2.21. The second-order valence-electron chi connectivity index (χ2n) is 5.20. The van der Waals surface area contributed by atoms with Gasteiger partial charge in [0.2, 0.25) is 5.91 Å². The Kier molecular flexibility index (Phi) is 5.80. The highest BCUT2D eigenvalue weighted by Gasteiger charge is 2.14. The van der Waals surface area contributed by atoms with Crippen LogP contribution in [0.2, 0.25) is 5.02 Å². The average molecular weight is 391 g/mol. The fraction of sp³-hybridized carbons (Fsp3) is 0.167. The number of hydrogen-bond acceptors (Lipinski definition) is 6. The molecule has 0 radical (unpaired) electrons. The van der Waals surface area contributed by atoms with Crippen molar-refractivity contribution in [2.45, 2.75) is 12.1 Å². The summed E-state index contributed by atoms with van der Waals surface area (Å²) in [4.78, 5) is 28.3. The van der Waals surface area contributed by atoms with Crippen LogP contribution in [0.4, 0.5) is 5.69 Å². The molecule has 0 unspecified atom stereocenters. The number of nitrogens with one attached hydrogen (secondary N) is 1.